The van der Waals surface area contributed by atoms with E-state index in [2.05, 4.69) is 52.6 Å². The summed E-state index contributed by atoms with van der Waals surface area (Å²) in [6, 6.07) is 0. The molecule has 3 unspecified atom stereocenters. The summed E-state index contributed by atoms with van der Waals surface area (Å²) in [6.07, 6.45) is 2.85. The molecule has 0 aromatic heterocycles. The molecule has 0 amide bonds. The summed E-state index contributed by atoms with van der Waals surface area (Å²) < 4.78 is 10.5. The molecule has 0 radical (unpaired) electrons. The van der Waals surface area contributed by atoms with E-state index in [-0.39, 0.29) is 18.8 Å². The summed E-state index contributed by atoms with van der Waals surface area (Å²) in [5.41, 5.74) is 0. The molecule has 4 heteroatoms. The molecule has 3 atom stereocenters. The first kappa shape index (κ1) is 38.9. The van der Waals surface area contributed by atoms with Gasteiger partial charge >= 0.3 is 0 Å². The van der Waals surface area contributed by atoms with Crippen LogP contribution in [0, 0.1) is 0 Å². The number of allylic oxidation sites excluding steroid dienone is 2. The highest BCUT2D eigenvalue weighted by atomic mass is 16.5. The van der Waals surface area contributed by atoms with Gasteiger partial charge in [0, 0.05) is 0 Å². The number of aliphatic hydroxyl groups is 2. The Morgan fingerprint density at radius 1 is 0.760 bits per heavy atom. The fourth-order valence-electron chi connectivity index (χ4n) is 0.704. The molecule has 0 fully saturated rings. The predicted molar refractivity (Wildman–Crippen MR) is 115 cm³/mol. The van der Waals surface area contributed by atoms with E-state index in [1.165, 1.54) is 0 Å². The maximum atomic E-state index is 8.92. The Hall–Kier alpha value is -1.46. The van der Waals surface area contributed by atoms with Crippen LogP contribution in [0.1, 0.15) is 34.6 Å². The van der Waals surface area contributed by atoms with E-state index in [0.29, 0.717) is 13.2 Å². The van der Waals surface area contributed by atoms with Crippen LogP contribution in [-0.2, 0) is 9.47 Å². The molecule has 25 heavy (non-hydrogen) atoms. The minimum Gasteiger partial charge on any atom is -0.394 e. The third-order valence-corrected chi connectivity index (χ3v) is 1.49. The van der Waals surface area contributed by atoms with Crippen LogP contribution in [-0.4, -0.2) is 48.3 Å². The molecule has 0 rings (SSSR count). The Bertz CT molecular complexity index is 207. The van der Waals surface area contributed by atoms with Crippen LogP contribution in [0.3, 0.4) is 0 Å². The standard InChI is InChI=1S/C9H20O4.2C3H6.3C2H4/c1-7(11)5-12-9(3)6-13-8(2)4-10;2*1-3-2;3*1-2/h7-11H,4-6H2,1-3H3;2*3H,1H2,2H3;3*1-2H2. The Morgan fingerprint density at radius 2 is 1.04 bits per heavy atom. The van der Waals surface area contributed by atoms with Gasteiger partial charge in [0.25, 0.3) is 0 Å². The van der Waals surface area contributed by atoms with Crippen molar-refractivity contribution in [3.63, 3.8) is 0 Å². The summed E-state index contributed by atoms with van der Waals surface area (Å²) >= 11 is 0. The molecule has 0 saturated heterocycles. The van der Waals surface area contributed by atoms with Crippen molar-refractivity contribution in [2.45, 2.75) is 52.9 Å². The van der Waals surface area contributed by atoms with Gasteiger partial charge in [-0.15, -0.1) is 52.6 Å². The molecular formula is C21H44O4. The summed E-state index contributed by atoms with van der Waals surface area (Å²) in [5.74, 6) is 0. The van der Waals surface area contributed by atoms with Crippen LogP contribution >= 0.6 is 0 Å². The van der Waals surface area contributed by atoms with E-state index in [4.69, 9.17) is 19.7 Å². The number of rotatable bonds is 7. The van der Waals surface area contributed by atoms with Crippen molar-refractivity contribution in [2.24, 2.45) is 0 Å². The van der Waals surface area contributed by atoms with Gasteiger partial charge in [-0.05, 0) is 34.6 Å². The predicted octanol–water partition coefficient (Wildman–Crippen LogP) is 4.96. The number of aliphatic hydroxyl groups excluding tert-OH is 2. The van der Waals surface area contributed by atoms with Crippen LogP contribution in [0.5, 0.6) is 0 Å². The maximum Gasteiger partial charge on any atom is 0.0781 e. The summed E-state index contributed by atoms with van der Waals surface area (Å²) in [4.78, 5) is 0. The molecule has 4 nitrogen and oxygen atoms in total. The Balaban J connectivity index is -0.0000000623. The van der Waals surface area contributed by atoms with Crippen molar-refractivity contribution in [1.29, 1.82) is 0 Å². The minimum atomic E-state index is -0.447. The van der Waals surface area contributed by atoms with Gasteiger partial charge in [-0.25, -0.2) is 0 Å². The van der Waals surface area contributed by atoms with Gasteiger partial charge in [-0.3, -0.25) is 0 Å². The molecule has 0 spiro atoms. The topological polar surface area (TPSA) is 58.9 Å². The SMILES string of the molecule is C=C.C=C.C=C.C=CC.C=CC.CC(O)COC(C)COC(C)CO. The van der Waals surface area contributed by atoms with E-state index >= 15 is 0 Å². The lowest BCUT2D eigenvalue weighted by Crippen LogP contribution is -2.24. The van der Waals surface area contributed by atoms with Gasteiger partial charge in [-0.1, -0.05) is 12.2 Å². The fraction of sp³-hybridized carbons (Fsp3) is 0.524. The number of ether oxygens (including phenoxy) is 2. The lowest BCUT2D eigenvalue weighted by Gasteiger charge is -2.16. The zero-order chi connectivity index (χ0) is 21.7. The Labute approximate surface area is 157 Å². The third kappa shape index (κ3) is 85.6. The molecule has 0 aliphatic carbocycles. The Morgan fingerprint density at radius 3 is 1.28 bits per heavy atom. The van der Waals surface area contributed by atoms with E-state index in [9.17, 15) is 0 Å². The molecule has 0 aromatic carbocycles. The van der Waals surface area contributed by atoms with Gasteiger partial charge in [0.1, 0.15) is 0 Å². The van der Waals surface area contributed by atoms with Gasteiger partial charge in [0.2, 0.25) is 0 Å². The van der Waals surface area contributed by atoms with Crippen LogP contribution in [0.2, 0.25) is 0 Å². The van der Waals surface area contributed by atoms with Gasteiger partial charge < -0.3 is 19.7 Å². The molecule has 0 aliphatic heterocycles. The normalized spacial score (nSPS) is 11.0. The highest BCUT2D eigenvalue weighted by Crippen LogP contribution is 1.97. The molecule has 2 N–H and O–H groups in total. The molecule has 0 saturated carbocycles. The van der Waals surface area contributed by atoms with E-state index in [1.54, 1.807) is 26.0 Å². The highest BCUT2D eigenvalue weighted by molar-refractivity contribution is 4.53. The van der Waals surface area contributed by atoms with E-state index < -0.39 is 6.10 Å². The van der Waals surface area contributed by atoms with Crippen LogP contribution in [0.4, 0.5) is 0 Å². The zero-order valence-electron chi connectivity index (χ0n) is 17.4. The summed E-state index contributed by atoms with van der Waals surface area (Å²) in [7, 11) is 0. The average Bonchev–Trinajstić information content (AvgIpc) is 2.64. The van der Waals surface area contributed by atoms with Gasteiger partial charge in [0.05, 0.1) is 38.1 Å². The lowest BCUT2D eigenvalue weighted by molar-refractivity contribution is -0.0620. The van der Waals surface area contributed by atoms with Crippen LogP contribution in [0.25, 0.3) is 0 Å². The van der Waals surface area contributed by atoms with Gasteiger partial charge in [0.15, 0.2) is 0 Å². The molecule has 0 aliphatic rings. The van der Waals surface area contributed by atoms with Gasteiger partial charge in [-0.2, -0.15) is 0 Å². The monoisotopic (exact) mass is 360 g/mol. The minimum absolute atomic E-state index is 0.0170. The van der Waals surface area contributed by atoms with E-state index in [1.807, 2.05) is 20.8 Å². The summed E-state index contributed by atoms with van der Waals surface area (Å²) in [6.45, 7) is 34.6. The van der Waals surface area contributed by atoms with Crippen molar-refractivity contribution >= 4 is 0 Å². The maximum absolute atomic E-state index is 8.92. The van der Waals surface area contributed by atoms with Crippen molar-refractivity contribution in [2.75, 3.05) is 19.8 Å². The first-order chi connectivity index (χ1) is 11.9. The van der Waals surface area contributed by atoms with Crippen molar-refractivity contribution in [3.8, 4) is 0 Å². The molecule has 152 valence electrons. The number of hydrogen-bond acceptors (Lipinski definition) is 4. The lowest BCUT2D eigenvalue weighted by atomic mass is 10.4. The number of hydrogen-bond donors (Lipinski definition) is 2. The van der Waals surface area contributed by atoms with Crippen molar-refractivity contribution in [3.05, 3.63) is 64.8 Å². The first-order valence-corrected chi connectivity index (χ1v) is 8.05. The van der Waals surface area contributed by atoms with E-state index in [0.717, 1.165) is 0 Å². The molecular weight excluding hydrogens is 316 g/mol. The highest BCUT2D eigenvalue weighted by Gasteiger charge is 2.06. The second-order valence-electron chi connectivity index (χ2n) is 4.14. The van der Waals surface area contributed by atoms with Crippen LogP contribution in [0.15, 0.2) is 64.8 Å². The second-order valence-corrected chi connectivity index (χ2v) is 4.14. The summed E-state index contributed by atoms with van der Waals surface area (Å²) in [5, 5.41) is 17.6. The smallest absolute Gasteiger partial charge is 0.0781 e. The molecule has 0 bridgehead atoms. The van der Waals surface area contributed by atoms with Crippen molar-refractivity contribution in [1.82, 2.24) is 0 Å². The largest absolute Gasteiger partial charge is 0.394 e. The van der Waals surface area contributed by atoms with Crippen molar-refractivity contribution < 1.29 is 19.7 Å². The first-order valence-electron chi connectivity index (χ1n) is 8.05. The second kappa shape index (κ2) is 49.5. The van der Waals surface area contributed by atoms with Crippen LogP contribution < -0.4 is 0 Å². The molecule has 0 heterocycles. The fourth-order valence-corrected chi connectivity index (χ4v) is 0.704. The molecule has 0 aromatic rings. The zero-order valence-corrected chi connectivity index (χ0v) is 17.4. The Kier molecular flexibility index (Phi) is 76.9. The quantitative estimate of drug-likeness (QED) is 0.630. The average molecular weight is 361 g/mol. The third-order valence-electron chi connectivity index (χ3n) is 1.49.